The third-order valence-electron chi connectivity index (χ3n) is 6.42. The molecule has 1 fully saturated rings. The maximum absolute atomic E-state index is 13.2. The molecule has 1 aromatic heterocycles. The van der Waals surface area contributed by atoms with Gasteiger partial charge in [0, 0.05) is 23.8 Å². The molecule has 0 bridgehead atoms. The lowest BCUT2D eigenvalue weighted by Crippen LogP contribution is -2.37. The number of rotatable bonds is 8. The minimum absolute atomic E-state index is 0.0401. The van der Waals surface area contributed by atoms with Crippen molar-refractivity contribution >= 4 is 34.1 Å². The molecule has 6 nitrogen and oxygen atoms in total. The highest BCUT2D eigenvalue weighted by atomic mass is 32.1. The van der Waals surface area contributed by atoms with Crippen LogP contribution in [0.5, 0.6) is 0 Å². The van der Waals surface area contributed by atoms with Gasteiger partial charge >= 0.3 is 5.97 Å². The van der Waals surface area contributed by atoms with Gasteiger partial charge in [0.05, 0.1) is 5.56 Å². The van der Waals surface area contributed by atoms with Crippen LogP contribution in [0.4, 0.5) is 5.00 Å². The topological polar surface area (TPSA) is 95.5 Å². The molecular formula is C23H34N2O4S. The number of anilines is 1. The first-order valence-corrected chi connectivity index (χ1v) is 12.2. The van der Waals surface area contributed by atoms with Crippen molar-refractivity contribution in [3.05, 3.63) is 16.0 Å². The molecule has 1 saturated carbocycles. The highest BCUT2D eigenvalue weighted by Gasteiger charge is 2.30. The number of carboxylic acid groups (broad SMARTS) is 1. The van der Waals surface area contributed by atoms with Crippen molar-refractivity contribution in [1.82, 2.24) is 5.32 Å². The summed E-state index contributed by atoms with van der Waals surface area (Å²) >= 11 is 1.53. The number of carbonyl (C=O) groups excluding carboxylic acids is 2. The summed E-state index contributed by atoms with van der Waals surface area (Å²) < 4.78 is 0. The van der Waals surface area contributed by atoms with Gasteiger partial charge < -0.3 is 15.7 Å². The van der Waals surface area contributed by atoms with Crippen molar-refractivity contribution in [2.24, 2.45) is 11.8 Å². The number of carbonyl (C=O) groups is 3. The van der Waals surface area contributed by atoms with Crippen molar-refractivity contribution in [1.29, 1.82) is 0 Å². The molecule has 2 aliphatic carbocycles. The molecule has 3 rings (SSSR count). The zero-order chi connectivity index (χ0) is 21.7. The van der Waals surface area contributed by atoms with Crippen LogP contribution in [-0.2, 0) is 22.4 Å². The van der Waals surface area contributed by atoms with Crippen molar-refractivity contribution < 1.29 is 19.5 Å². The molecule has 2 amide bonds. The molecule has 166 valence electrons. The van der Waals surface area contributed by atoms with Gasteiger partial charge in [0.2, 0.25) is 5.91 Å². The van der Waals surface area contributed by atoms with E-state index in [2.05, 4.69) is 17.6 Å². The Hall–Kier alpha value is -1.89. The molecule has 0 spiro atoms. The first-order valence-electron chi connectivity index (χ1n) is 11.3. The third kappa shape index (κ3) is 5.84. The summed E-state index contributed by atoms with van der Waals surface area (Å²) in [5.74, 6) is -0.810. The predicted molar refractivity (Wildman–Crippen MR) is 119 cm³/mol. The molecule has 0 aliphatic heterocycles. The van der Waals surface area contributed by atoms with Crippen molar-refractivity contribution in [2.45, 2.75) is 90.5 Å². The lowest BCUT2D eigenvalue weighted by Gasteiger charge is -2.24. The van der Waals surface area contributed by atoms with E-state index in [1.54, 1.807) is 6.92 Å². The average molecular weight is 435 g/mol. The van der Waals surface area contributed by atoms with Gasteiger partial charge in [0.15, 0.2) is 0 Å². The molecule has 2 aliphatic rings. The number of thiophene rings is 1. The zero-order valence-corrected chi connectivity index (χ0v) is 18.9. The number of hydrogen-bond acceptors (Lipinski definition) is 4. The van der Waals surface area contributed by atoms with Crippen LogP contribution < -0.4 is 10.6 Å². The Bertz CT molecular complexity index is 782. The fourth-order valence-electron chi connectivity index (χ4n) is 4.70. The summed E-state index contributed by atoms with van der Waals surface area (Å²) in [7, 11) is 0. The smallest absolute Gasteiger partial charge is 0.303 e. The molecule has 1 heterocycles. The number of carboxylic acids is 1. The molecule has 3 N–H and O–H groups in total. The number of amides is 2. The zero-order valence-electron chi connectivity index (χ0n) is 18.1. The molecule has 0 unspecified atom stereocenters. The Morgan fingerprint density at radius 2 is 1.87 bits per heavy atom. The summed E-state index contributed by atoms with van der Waals surface area (Å²) in [4.78, 5) is 37.9. The number of nitrogens with one attached hydrogen (secondary N) is 2. The number of fused-ring (bicyclic) bond motifs is 1. The fourth-order valence-corrected chi connectivity index (χ4v) is 6.08. The predicted octanol–water partition coefficient (Wildman–Crippen LogP) is 4.76. The molecule has 0 saturated heterocycles. The lowest BCUT2D eigenvalue weighted by molar-refractivity contribution is -0.138. The molecule has 2 atom stereocenters. The Balaban J connectivity index is 1.78. The largest absolute Gasteiger partial charge is 0.481 e. The molecule has 1 aromatic rings. The first kappa shape index (κ1) is 22.8. The van der Waals surface area contributed by atoms with Gasteiger partial charge in [-0.15, -0.1) is 11.3 Å². The highest BCUT2D eigenvalue weighted by Crippen LogP contribution is 2.40. The van der Waals surface area contributed by atoms with Crippen LogP contribution in [0.15, 0.2) is 0 Å². The van der Waals surface area contributed by atoms with E-state index in [1.807, 2.05) is 0 Å². The van der Waals surface area contributed by atoms with Gasteiger partial charge in [-0.2, -0.15) is 0 Å². The van der Waals surface area contributed by atoms with E-state index in [4.69, 9.17) is 5.11 Å². The Morgan fingerprint density at radius 1 is 1.13 bits per heavy atom. The van der Waals surface area contributed by atoms with Gasteiger partial charge in [0.1, 0.15) is 5.00 Å². The second-order valence-electron chi connectivity index (χ2n) is 8.99. The van der Waals surface area contributed by atoms with E-state index in [1.165, 1.54) is 22.6 Å². The van der Waals surface area contributed by atoms with Crippen LogP contribution in [-0.4, -0.2) is 28.9 Å². The van der Waals surface area contributed by atoms with E-state index < -0.39 is 5.97 Å². The van der Waals surface area contributed by atoms with Crippen LogP contribution in [0.2, 0.25) is 0 Å². The van der Waals surface area contributed by atoms with Crippen LogP contribution in [0.1, 0.15) is 92.4 Å². The summed E-state index contributed by atoms with van der Waals surface area (Å²) in [6.45, 7) is 3.96. The quantitative estimate of drug-likeness (QED) is 0.549. The van der Waals surface area contributed by atoms with E-state index in [9.17, 15) is 14.4 Å². The van der Waals surface area contributed by atoms with Crippen LogP contribution >= 0.6 is 11.3 Å². The van der Waals surface area contributed by atoms with Gasteiger partial charge in [-0.25, -0.2) is 0 Å². The van der Waals surface area contributed by atoms with E-state index >= 15 is 0 Å². The van der Waals surface area contributed by atoms with Gasteiger partial charge in [0.25, 0.3) is 5.91 Å². The molecule has 0 aromatic carbocycles. The molecule has 7 heteroatoms. The van der Waals surface area contributed by atoms with Gasteiger partial charge in [-0.3, -0.25) is 14.4 Å². The Kier molecular flexibility index (Phi) is 7.92. The third-order valence-corrected chi connectivity index (χ3v) is 7.59. The minimum atomic E-state index is -0.903. The number of aliphatic carboxylic acids is 1. The monoisotopic (exact) mass is 434 g/mol. The van der Waals surface area contributed by atoms with Crippen LogP contribution in [0, 0.1) is 11.8 Å². The first-order chi connectivity index (χ1) is 14.4. The van der Waals surface area contributed by atoms with Gasteiger partial charge in [-0.1, -0.05) is 39.5 Å². The second kappa shape index (κ2) is 10.4. The normalized spacial score (nSPS) is 20.3. The lowest BCUT2D eigenvalue weighted by atomic mass is 9.85. The standard InChI is InChI=1S/C23H34N2O4S/c1-3-15-9-10-17-18(13-15)30-23(25-19(26)11-14(2)12-20(27)28)21(17)22(29)24-16-7-5-4-6-8-16/h14-16H,3-13H2,1-2H3,(H,24,29)(H,25,26)(H,27,28)/t14-,15-/m0/s1. The summed E-state index contributed by atoms with van der Waals surface area (Å²) in [6, 6.07) is 0.216. The average Bonchev–Trinajstić information content (AvgIpc) is 3.04. The highest BCUT2D eigenvalue weighted by molar-refractivity contribution is 7.17. The van der Waals surface area contributed by atoms with E-state index in [0.29, 0.717) is 16.5 Å². The van der Waals surface area contributed by atoms with E-state index in [0.717, 1.165) is 56.9 Å². The summed E-state index contributed by atoms with van der Waals surface area (Å²) in [5.41, 5.74) is 1.75. The van der Waals surface area contributed by atoms with Crippen LogP contribution in [0.25, 0.3) is 0 Å². The molecule has 0 radical (unpaired) electrons. The minimum Gasteiger partial charge on any atom is -0.481 e. The van der Waals surface area contributed by atoms with Crippen molar-refractivity contribution in [3.8, 4) is 0 Å². The summed E-state index contributed by atoms with van der Waals surface area (Å²) in [6.07, 6.45) is 9.70. The maximum Gasteiger partial charge on any atom is 0.303 e. The second-order valence-corrected chi connectivity index (χ2v) is 10.1. The Labute approximate surface area is 182 Å². The molecule has 30 heavy (non-hydrogen) atoms. The fraction of sp³-hybridized carbons (Fsp3) is 0.696. The van der Waals surface area contributed by atoms with Crippen LogP contribution in [0.3, 0.4) is 0 Å². The Morgan fingerprint density at radius 3 is 2.53 bits per heavy atom. The SMILES string of the molecule is CC[C@H]1CCc2c(sc(NC(=O)C[C@H](C)CC(=O)O)c2C(=O)NC2CCCCC2)C1. The van der Waals surface area contributed by atoms with Crippen molar-refractivity contribution in [2.75, 3.05) is 5.32 Å². The van der Waals surface area contributed by atoms with Gasteiger partial charge in [-0.05, 0) is 49.5 Å². The summed E-state index contributed by atoms with van der Waals surface area (Å²) in [5, 5.41) is 15.7. The van der Waals surface area contributed by atoms with Crippen molar-refractivity contribution in [3.63, 3.8) is 0 Å². The molecular weight excluding hydrogens is 400 g/mol. The maximum atomic E-state index is 13.2. The van der Waals surface area contributed by atoms with E-state index in [-0.39, 0.29) is 36.6 Å². The number of hydrogen-bond donors (Lipinski definition) is 3.